The van der Waals surface area contributed by atoms with Gasteiger partial charge in [-0.15, -0.1) is 0 Å². The lowest BCUT2D eigenvalue weighted by molar-refractivity contribution is 0.0321. The minimum absolute atomic E-state index is 0.338. The quantitative estimate of drug-likeness (QED) is 0.781. The zero-order valence-corrected chi connectivity index (χ0v) is 15.9. The van der Waals surface area contributed by atoms with Crippen LogP contribution in [0.25, 0.3) is 0 Å². The minimum atomic E-state index is -0.354. The van der Waals surface area contributed by atoms with Crippen molar-refractivity contribution in [2.75, 3.05) is 39.5 Å². The summed E-state index contributed by atoms with van der Waals surface area (Å²) in [6, 6.07) is 10.8. The summed E-state index contributed by atoms with van der Waals surface area (Å²) in [6.45, 7) is 8.79. The fourth-order valence-corrected chi connectivity index (χ4v) is 3.52. The third kappa shape index (κ3) is 4.85. The second kappa shape index (κ2) is 8.98. The first kappa shape index (κ1) is 19.3. The number of ether oxygens (including phenoxy) is 2. The van der Waals surface area contributed by atoms with E-state index in [1.54, 1.807) is 12.1 Å². The van der Waals surface area contributed by atoms with Gasteiger partial charge in [0.1, 0.15) is 18.2 Å². The molecule has 5 heteroatoms. The van der Waals surface area contributed by atoms with E-state index in [1.807, 2.05) is 19.9 Å². The largest absolute Gasteiger partial charge is 0.492 e. The highest BCUT2D eigenvalue weighted by Gasteiger charge is 2.16. The Bertz CT molecular complexity index is 839. The lowest BCUT2D eigenvalue weighted by Crippen LogP contribution is -2.38. The van der Waals surface area contributed by atoms with Crippen molar-refractivity contribution in [3.63, 3.8) is 0 Å². The molecule has 0 aromatic heterocycles. The van der Waals surface area contributed by atoms with Gasteiger partial charge in [-0.1, -0.05) is 23.8 Å². The second-order valence-corrected chi connectivity index (χ2v) is 6.93. The van der Waals surface area contributed by atoms with Crippen LogP contribution in [-0.4, -0.2) is 44.4 Å². The monoisotopic (exact) mass is 368 g/mol. The molecule has 0 atom stereocenters. The zero-order valence-electron chi connectivity index (χ0n) is 15.9. The summed E-state index contributed by atoms with van der Waals surface area (Å²) in [5.41, 5.74) is 3.83. The number of hydrogen-bond donors (Lipinski definition) is 0. The van der Waals surface area contributed by atoms with Crippen molar-refractivity contribution in [2.45, 2.75) is 20.3 Å². The Morgan fingerprint density at radius 2 is 2.00 bits per heavy atom. The van der Waals surface area contributed by atoms with Crippen LogP contribution in [0.2, 0.25) is 0 Å². The predicted molar refractivity (Wildman–Crippen MR) is 103 cm³/mol. The van der Waals surface area contributed by atoms with Crippen LogP contribution in [-0.2, 0) is 11.2 Å². The molecule has 1 aliphatic rings. The molecule has 27 heavy (non-hydrogen) atoms. The molecule has 4 nitrogen and oxygen atoms in total. The summed E-state index contributed by atoms with van der Waals surface area (Å²) in [5, 5.41) is 9.32. The van der Waals surface area contributed by atoms with Crippen LogP contribution in [0.4, 0.5) is 4.39 Å². The van der Waals surface area contributed by atoms with Crippen LogP contribution in [0, 0.1) is 31.0 Å². The van der Waals surface area contributed by atoms with Crippen molar-refractivity contribution in [2.24, 2.45) is 0 Å². The van der Waals surface area contributed by atoms with Crippen LogP contribution < -0.4 is 4.74 Å². The first-order valence-corrected chi connectivity index (χ1v) is 9.29. The van der Waals surface area contributed by atoms with E-state index in [-0.39, 0.29) is 5.82 Å². The van der Waals surface area contributed by atoms with E-state index in [0.717, 1.165) is 55.3 Å². The molecule has 2 aromatic rings. The van der Waals surface area contributed by atoms with Gasteiger partial charge in [0.2, 0.25) is 0 Å². The Morgan fingerprint density at radius 1 is 1.22 bits per heavy atom. The summed E-state index contributed by atoms with van der Waals surface area (Å²) in [6.07, 6.45) is 0.338. The predicted octanol–water partition coefficient (Wildman–Crippen LogP) is 3.62. The van der Waals surface area contributed by atoms with Gasteiger partial charge < -0.3 is 9.47 Å². The molecule has 0 saturated carbocycles. The maximum Gasteiger partial charge on any atom is 0.128 e. The number of aryl methyl sites for hydroxylation is 2. The second-order valence-electron chi connectivity index (χ2n) is 6.93. The van der Waals surface area contributed by atoms with Crippen molar-refractivity contribution < 1.29 is 13.9 Å². The van der Waals surface area contributed by atoms with E-state index in [2.05, 4.69) is 17.0 Å². The zero-order chi connectivity index (χ0) is 19.2. The Morgan fingerprint density at radius 3 is 2.74 bits per heavy atom. The number of halogens is 1. The molecule has 3 rings (SSSR count). The molecule has 1 aliphatic heterocycles. The number of benzene rings is 2. The van der Waals surface area contributed by atoms with E-state index in [0.29, 0.717) is 24.2 Å². The van der Waals surface area contributed by atoms with E-state index < -0.39 is 0 Å². The Hall–Kier alpha value is -2.42. The molecule has 0 spiro atoms. The van der Waals surface area contributed by atoms with Crippen LogP contribution >= 0.6 is 0 Å². The third-order valence-corrected chi connectivity index (χ3v) is 4.86. The SMILES string of the molecule is Cc1cc(C)c(OCCN2CCOCC2)c(Cc2c(F)cccc2C#N)c1. The summed E-state index contributed by atoms with van der Waals surface area (Å²) in [7, 11) is 0. The number of morpholine rings is 1. The van der Waals surface area contributed by atoms with Crippen molar-refractivity contribution in [3.8, 4) is 11.8 Å². The fraction of sp³-hybridized carbons (Fsp3) is 0.409. The highest BCUT2D eigenvalue weighted by molar-refractivity contribution is 5.49. The Kier molecular flexibility index (Phi) is 6.44. The van der Waals surface area contributed by atoms with Gasteiger partial charge in [0.25, 0.3) is 0 Å². The van der Waals surface area contributed by atoms with Gasteiger partial charge in [0.15, 0.2) is 0 Å². The number of nitriles is 1. The maximum atomic E-state index is 14.3. The van der Waals surface area contributed by atoms with E-state index in [1.165, 1.54) is 6.07 Å². The van der Waals surface area contributed by atoms with Crippen LogP contribution in [0.15, 0.2) is 30.3 Å². The molecule has 0 N–H and O–H groups in total. The van der Waals surface area contributed by atoms with Crippen molar-refractivity contribution in [1.82, 2.24) is 4.90 Å². The molecule has 1 fully saturated rings. The maximum absolute atomic E-state index is 14.3. The molecule has 0 amide bonds. The molecule has 0 bridgehead atoms. The average Bonchev–Trinajstić information content (AvgIpc) is 2.66. The molecule has 1 saturated heterocycles. The Labute approximate surface area is 160 Å². The molecule has 142 valence electrons. The fourth-order valence-electron chi connectivity index (χ4n) is 3.52. The first-order chi connectivity index (χ1) is 13.1. The normalized spacial score (nSPS) is 14.7. The molecule has 0 radical (unpaired) electrons. The number of rotatable bonds is 6. The molecule has 1 heterocycles. The summed E-state index contributed by atoms with van der Waals surface area (Å²) in [4.78, 5) is 2.32. The van der Waals surface area contributed by atoms with Crippen molar-refractivity contribution in [3.05, 3.63) is 64.0 Å². The van der Waals surface area contributed by atoms with Crippen LogP contribution in [0.3, 0.4) is 0 Å². The molecule has 0 aliphatic carbocycles. The van der Waals surface area contributed by atoms with Crippen LogP contribution in [0.1, 0.15) is 27.8 Å². The van der Waals surface area contributed by atoms with E-state index in [9.17, 15) is 9.65 Å². The van der Waals surface area contributed by atoms with Crippen molar-refractivity contribution >= 4 is 0 Å². The highest BCUT2D eigenvalue weighted by atomic mass is 19.1. The van der Waals surface area contributed by atoms with Gasteiger partial charge in [-0.3, -0.25) is 4.90 Å². The number of nitrogens with zero attached hydrogens (tertiary/aromatic N) is 2. The summed E-state index contributed by atoms with van der Waals surface area (Å²) in [5.74, 6) is 0.438. The standard InChI is InChI=1S/C22H25FN2O2/c1-16-12-17(2)22(27-11-8-25-6-9-26-10-7-25)19(13-16)14-20-18(15-24)4-3-5-21(20)23/h3-5,12-13H,6-11,14H2,1-2H3. The van der Waals surface area contributed by atoms with E-state index in [4.69, 9.17) is 9.47 Å². The Balaban J connectivity index is 1.80. The smallest absolute Gasteiger partial charge is 0.128 e. The summed E-state index contributed by atoms with van der Waals surface area (Å²) >= 11 is 0. The van der Waals surface area contributed by atoms with Gasteiger partial charge in [0, 0.05) is 31.6 Å². The van der Waals surface area contributed by atoms with Crippen molar-refractivity contribution in [1.29, 1.82) is 5.26 Å². The summed E-state index contributed by atoms with van der Waals surface area (Å²) < 4.78 is 25.8. The highest BCUT2D eigenvalue weighted by Crippen LogP contribution is 2.29. The first-order valence-electron chi connectivity index (χ1n) is 9.29. The van der Waals surface area contributed by atoms with Crippen LogP contribution in [0.5, 0.6) is 5.75 Å². The van der Waals surface area contributed by atoms with Gasteiger partial charge in [-0.25, -0.2) is 4.39 Å². The van der Waals surface area contributed by atoms with Gasteiger partial charge in [-0.05, 0) is 37.1 Å². The lowest BCUT2D eigenvalue weighted by Gasteiger charge is -2.26. The number of hydrogen-bond acceptors (Lipinski definition) is 4. The molecule has 0 unspecified atom stereocenters. The molecular weight excluding hydrogens is 343 g/mol. The average molecular weight is 368 g/mol. The van der Waals surface area contributed by atoms with Gasteiger partial charge in [-0.2, -0.15) is 5.26 Å². The van der Waals surface area contributed by atoms with E-state index >= 15 is 0 Å². The van der Waals surface area contributed by atoms with Gasteiger partial charge >= 0.3 is 0 Å². The van der Waals surface area contributed by atoms with Gasteiger partial charge in [0.05, 0.1) is 24.8 Å². The minimum Gasteiger partial charge on any atom is -0.492 e. The molecular formula is C22H25FN2O2. The molecule has 2 aromatic carbocycles. The third-order valence-electron chi connectivity index (χ3n) is 4.86. The topological polar surface area (TPSA) is 45.5 Å². The lowest BCUT2D eigenvalue weighted by atomic mass is 9.96.